The molecule has 1 saturated carbocycles. The monoisotopic (exact) mass is 359 g/mol. The lowest BCUT2D eigenvalue weighted by atomic mass is 9.52. The largest absolute Gasteiger partial charge is 0.375 e. The van der Waals surface area contributed by atoms with Crippen LogP contribution in [0.15, 0.2) is 12.1 Å². The molecule has 1 aromatic carbocycles. The van der Waals surface area contributed by atoms with Gasteiger partial charge in [-0.3, -0.25) is 9.29 Å². The van der Waals surface area contributed by atoms with Crippen molar-refractivity contribution in [1.29, 1.82) is 0 Å². The number of nitrogens with zero attached hydrogens (tertiary/aromatic N) is 2. The van der Waals surface area contributed by atoms with Crippen molar-refractivity contribution in [3.8, 4) is 0 Å². The molecule has 0 unspecified atom stereocenters. The van der Waals surface area contributed by atoms with Crippen molar-refractivity contribution in [2.45, 2.75) is 56.4 Å². The molecule has 2 heterocycles. The second-order valence-electron chi connectivity index (χ2n) is 8.14. The Morgan fingerprint density at radius 3 is 3.12 bits per heavy atom. The molecular weight excluding hydrogens is 333 g/mol. The van der Waals surface area contributed by atoms with Gasteiger partial charge in [0.25, 0.3) is 0 Å². The molecule has 2 aliphatic carbocycles. The normalized spacial score (nSPS) is 31.7. The Bertz CT molecular complexity index is 804. The molecule has 0 spiro atoms. The van der Waals surface area contributed by atoms with Crippen molar-refractivity contribution in [3.63, 3.8) is 0 Å². The maximum Gasteiger partial charge on any atom is 0.181 e. The number of halogens is 1. The molecule has 2 fully saturated rings. The zero-order valence-corrected chi connectivity index (χ0v) is 15.5. The molecule has 2 N–H and O–H groups in total. The van der Waals surface area contributed by atoms with Crippen LogP contribution in [0, 0.1) is 5.92 Å². The van der Waals surface area contributed by atoms with Gasteiger partial charge < -0.3 is 5.73 Å². The van der Waals surface area contributed by atoms with Crippen LogP contribution in [-0.4, -0.2) is 35.7 Å². The fraction of sp³-hybridized carbons (Fsp3) is 0.650. The van der Waals surface area contributed by atoms with Gasteiger partial charge in [0.1, 0.15) is 0 Å². The van der Waals surface area contributed by atoms with Gasteiger partial charge in [-0.2, -0.15) is 0 Å². The van der Waals surface area contributed by atoms with Gasteiger partial charge in [-0.15, -0.1) is 0 Å². The molecule has 134 valence electrons. The average molecular weight is 360 g/mol. The summed E-state index contributed by atoms with van der Waals surface area (Å²) in [5, 5.41) is 0.669. The van der Waals surface area contributed by atoms with E-state index >= 15 is 0 Å². The Balaban J connectivity index is 1.63. The molecule has 2 bridgehead atoms. The molecule has 3 atom stereocenters. The van der Waals surface area contributed by atoms with E-state index in [9.17, 15) is 4.39 Å². The molecule has 5 rings (SSSR count). The number of benzene rings is 1. The van der Waals surface area contributed by atoms with E-state index in [0.717, 1.165) is 30.9 Å². The average Bonchev–Trinajstić information content (AvgIpc) is 2.98. The van der Waals surface area contributed by atoms with E-state index in [-0.39, 0.29) is 6.67 Å². The molecule has 5 heteroatoms. The number of rotatable bonds is 3. The molecule has 1 aromatic heterocycles. The molecule has 25 heavy (non-hydrogen) atoms. The quantitative estimate of drug-likeness (QED) is 0.888. The summed E-state index contributed by atoms with van der Waals surface area (Å²) in [5.74, 6) is 0.732. The molecule has 1 aliphatic heterocycles. The van der Waals surface area contributed by atoms with Crippen LogP contribution in [0.1, 0.15) is 49.7 Å². The first-order chi connectivity index (χ1) is 12.2. The van der Waals surface area contributed by atoms with Crippen LogP contribution in [0.5, 0.6) is 0 Å². The van der Waals surface area contributed by atoms with Crippen molar-refractivity contribution in [2.24, 2.45) is 5.92 Å². The van der Waals surface area contributed by atoms with Crippen molar-refractivity contribution in [2.75, 3.05) is 25.5 Å². The number of thiazole rings is 1. The van der Waals surface area contributed by atoms with Crippen molar-refractivity contribution in [3.05, 3.63) is 23.3 Å². The highest BCUT2D eigenvalue weighted by atomic mass is 32.1. The summed E-state index contributed by atoms with van der Waals surface area (Å²) >= 11 is 1.60. The number of piperidine rings is 1. The first-order valence-corrected chi connectivity index (χ1v) is 10.5. The highest BCUT2D eigenvalue weighted by molar-refractivity contribution is 7.22. The zero-order chi connectivity index (χ0) is 17.0. The lowest BCUT2D eigenvalue weighted by molar-refractivity contribution is -0.0121. The smallest absolute Gasteiger partial charge is 0.181 e. The summed E-state index contributed by atoms with van der Waals surface area (Å²) in [7, 11) is 0. The maximum absolute atomic E-state index is 12.8. The Labute approximate surface area is 152 Å². The van der Waals surface area contributed by atoms with Crippen LogP contribution in [0.3, 0.4) is 0 Å². The minimum atomic E-state index is -0.198. The van der Waals surface area contributed by atoms with Crippen molar-refractivity contribution >= 4 is 26.7 Å². The number of aromatic nitrogens is 1. The highest BCUT2D eigenvalue weighted by Gasteiger charge is 2.53. The number of likely N-dealkylation sites (tertiary alicyclic amines) is 1. The predicted molar refractivity (Wildman–Crippen MR) is 102 cm³/mol. The van der Waals surface area contributed by atoms with E-state index in [1.165, 1.54) is 42.4 Å². The molecule has 0 amide bonds. The van der Waals surface area contributed by atoms with E-state index in [0.29, 0.717) is 23.0 Å². The number of hydrogen-bond acceptors (Lipinski definition) is 4. The van der Waals surface area contributed by atoms with Gasteiger partial charge in [-0.25, -0.2) is 4.98 Å². The summed E-state index contributed by atoms with van der Waals surface area (Å²) in [6, 6.07) is 5.32. The number of nitrogens with two attached hydrogens (primary N) is 1. The van der Waals surface area contributed by atoms with Gasteiger partial charge in [0.15, 0.2) is 5.13 Å². The summed E-state index contributed by atoms with van der Waals surface area (Å²) in [4.78, 5) is 7.16. The minimum Gasteiger partial charge on any atom is -0.375 e. The Morgan fingerprint density at radius 2 is 2.24 bits per heavy atom. The van der Waals surface area contributed by atoms with Gasteiger partial charge in [0.05, 0.1) is 16.9 Å². The molecule has 0 radical (unpaired) electrons. The van der Waals surface area contributed by atoms with Gasteiger partial charge in [0, 0.05) is 18.0 Å². The SMILES string of the molecule is Nc1nc2cc3c(cc2s1)C[C@@H]1[C@@H]2CCCC[C@]32CCN1CCCF. The van der Waals surface area contributed by atoms with Crippen LogP contribution < -0.4 is 5.73 Å². The Kier molecular flexibility index (Phi) is 3.79. The molecular formula is C20H26FN3S. The van der Waals surface area contributed by atoms with Crippen LogP contribution >= 0.6 is 11.3 Å². The molecule has 1 saturated heterocycles. The summed E-state index contributed by atoms with van der Waals surface area (Å²) in [6.07, 6.45) is 8.33. The van der Waals surface area contributed by atoms with E-state index in [2.05, 4.69) is 22.0 Å². The Hall–Kier alpha value is -1.20. The standard InChI is InChI=1S/C20H26FN3S/c21-7-3-8-24-9-6-20-5-2-1-4-14(20)17(24)10-13-11-18-16(12-15(13)20)23-19(22)25-18/h11-12,14,17H,1-10H2,(H2,22,23)/t14-,17+,20+/m0/s1. The fourth-order valence-electron chi connectivity index (χ4n) is 6.07. The molecule has 2 aromatic rings. The topological polar surface area (TPSA) is 42.1 Å². The number of hydrogen-bond donors (Lipinski definition) is 1. The fourth-order valence-corrected chi connectivity index (χ4v) is 6.85. The Morgan fingerprint density at radius 1 is 1.32 bits per heavy atom. The number of anilines is 1. The maximum atomic E-state index is 12.8. The van der Waals surface area contributed by atoms with Crippen molar-refractivity contribution < 1.29 is 4.39 Å². The lowest BCUT2D eigenvalue weighted by Gasteiger charge is -2.59. The highest BCUT2D eigenvalue weighted by Crippen LogP contribution is 2.56. The predicted octanol–water partition coefficient (Wildman–Crippen LogP) is 4.30. The number of fused-ring (bicyclic) bond motifs is 2. The zero-order valence-electron chi connectivity index (χ0n) is 14.6. The van der Waals surface area contributed by atoms with Crippen LogP contribution in [0.25, 0.3) is 10.2 Å². The van der Waals surface area contributed by atoms with Gasteiger partial charge >= 0.3 is 0 Å². The third-order valence-electron chi connectivity index (χ3n) is 7.05. The second kappa shape index (κ2) is 5.92. The van der Waals surface area contributed by atoms with E-state index in [4.69, 9.17) is 5.73 Å². The summed E-state index contributed by atoms with van der Waals surface area (Å²) in [6.45, 7) is 1.84. The summed E-state index contributed by atoms with van der Waals surface area (Å²) in [5.41, 5.74) is 10.4. The minimum absolute atomic E-state index is 0.198. The third kappa shape index (κ3) is 2.35. The third-order valence-corrected chi connectivity index (χ3v) is 7.90. The van der Waals surface area contributed by atoms with Crippen LogP contribution in [0.2, 0.25) is 0 Å². The second-order valence-corrected chi connectivity index (χ2v) is 9.20. The van der Waals surface area contributed by atoms with E-state index in [1.54, 1.807) is 16.9 Å². The lowest BCUT2D eigenvalue weighted by Crippen LogP contribution is -2.61. The molecule has 3 aliphatic rings. The summed E-state index contributed by atoms with van der Waals surface area (Å²) < 4.78 is 14.0. The van der Waals surface area contributed by atoms with Gasteiger partial charge in [-0.05, 0) is 67.8 Å². The first-order valence-electron chi connectivity index (χ1n) is 9.71. The van der Waals surface area contributed by atoms with E-state index in [1.807, 2.05) is 0 Å². The number of alkyl halides is 1. The molecule has 3 nitrogen and oxygen atoms in total. The van der Waals surface area contributed by atoms with Crippen LogP contribution in [0.4, 0.5) is 9.52 Å². The van der Waals surface area contributed by atoms with Crippen molar-refractivity contribution in [1.82, 2.24) is 9.88 Å². The van der Waals surface area contributed by atoms with E-state index < -0.39 is 0 Å². The van der Waals surface area contributed by atoms with Gasteiger partial charge in [0.2, 0.25) is 0 Å². The number of nitrogen functional groups attached to an aromatic ring is 1. The van der Waals surface area contributed by atoms with Gasteiger partial charge in [-0.1, -0.05) is 24.2 Å². The van der Waals surface area contributed by atoms with Crippen LogP contribution in [-0.2, 0) is 11.8 Å². The first kappa shape index (κ1) is 16.0.